The van der Waals surface area contributed by atoms with E-state index in [4.69, 9.17) is 18.0 Å². The van der Waals surface area contributed by atoms with Gasteiger partial charge < -0.3 is 16.0 Å². The zero-order chi connectivity index (χ0) is 15.6. The van der Waals surface area contributed by atoms with Gasteiger partial charge in [-0.3, -0.25) is 4.79 Å². The molecule has 7 heteroatoms. The normalized spacial score (nSPS) is 15.9. The number of anilines is 1. The summed E-state index contributed by atoms with van der Waals surface area (Å²) in [6, 6.07) is 0.228. The fourth-order valence-electron chi connectivity index (χ4n) is 2.64. The lowest BCUT2D eigenvalue weighted by molar-refractivity contribution is -0.119. The second-order valence-electron chi connectivity index (χ2n) is 5.44. The van der Waals surface area contributed by atoms with Crippen molar-refractivity contribution in [3.63, 3.8) is 0 Å². The highest BCUT2D eigenvalue weighted by molar-refractivity contribution is 7.80. The largest absolute Gasteiger partial charge is 0.389 e. The Bertz CT molecular complexity index is 567. The molecule has 1 amide bonds. The predicted molar refractivity (Wildman–Crippen MR) is 86.4 cm³/mol. The number of piperidine rings is 1. The predicted octanol–water partition coefficient (Wildman–Crippen LogP) is 0.833. The van der Waals surface area contributed by atoms with Crippen LogP contribution in [0.25, 0.3) is 0 Å². The van der Waals surface area contributed by atoms with Crippen molar-refractivity contribution in [2.75, 3.05) is 18.0 Å². The first-order chi connectivity index (χ1) is 9.90. The Balaban J connectivity index is 2.19. The minimum Gasteiger partial charge on any atom is -0.389 e. The van der Waals surface area contributed by atoms with E-state index >= 15 is 0 Å². The summed E-state index contributed by atoms with van der Waals surface area (Å²) in [5.74, 6) is 0.773. The number of hydrogen-bond donors (Lipinski definition) is 2. The van der Waals surface area contributed by atoms with Gasteiger partial charge in [-0.15, -0.1) is 5.10 Å². The molecule has 0 aliphatic carbocycles. The average Bonchev–Trinajstić information content (AvgIpc) is 2.41. The van der Waals surface area contributed by atoms with Crippen LogP contribution in [-0.4, -0.2) is 40.2 Å². The lowest BCUT2D eigenvalue weighted by Crippen LogP contribution is -2.45. The van der Waals surface area contributed by atoms with Crippen molar-refractivity contribution in [2.24, 2.45) is 5.73 Å². The summed E-state index contributed by atoms with van der Waals surface area (Å²) in [5.41, 5.74) is 8.50. The first-order valence-electron chi connectivity index (χ1n) is 7.06. The van der Waals surface area contributed by atoms with Gasteiger partial charge in [-0.2, -0.15) is 5.10 Å². The molecule has 114 valence electrons. The molecule has 0 unspecified atom stereocenters. The van der Waals surface area contributed by atoms with Crippen LogP contribution in [-0.2, 0) is 4.79 Å². The van der Waals surface area contributed by atoms with Crippen molar-refractivity contribution in [3.05, 3.63) is 16.8 Å². The van der Waals surface area contributed by atoms with E-state index in [1.165, 1.54) is 0 Å². The van der Waals surface area contributed by atoms with Crippen molar-refractivity contribution in [2.45, 2.75) is 39.7 Å². The zero-order valence-electron chi connectivity index (χ0n) is 12.6. The zero-order valence-corrected chi connectivity index (χ0v) is 13.5. The lowest BCUT2D eigenvalue weighted by Gasteiger charge is -2.34. The maximum atomic E-state index is 11.1. The highest BCUT2D eigenvalue weighted by Crippen LogP contribution is 2.25. The first-order valence-corrected chi connectivity index (χ1v) is 7.46. The highest BCUT2D eigenvalue weighted by atomic mass is 32.1. The third-order valence-electron chi connectivity index (χ3n) is 3.88. The summed E-state index contributed by atoms with van der Waals surface area (Å²) in [5, 5.41) is 11.4. The SMILES string of the molecule is CC(=O)NC1CCN(c2nnc(C)c(C)c2C(N)=S)CC1. The summed E-state index contributed by atoms with van der Waals surface area (Å²) in [4.78, 5) is 13.6. The molecular formula is C14H21N5OS. The summed E-state index contributed by atoms with van der Waals surface area (Å²) in [6.45, 7) is 7.02. The lowest BCUT2D eigenvalue weighted by atomic mass is 10.0. The molecule has 0 radical (unpaired) electrons. The Morgan fingerprint density at radius 3 is 2.48 bits per heavy atom. The monoisotopic (exact) mass is 307 g/mol. The van der Waals surface area contributed by atoms with Gasteiger partial charge in [-0.25, -0.2) is 0 Å². The summed E-state index contributed by atoms with van der Waals surface area (Å²) >= 11 is 5.17. The van der Waals surface area contributed by atoms with E-state index < -0.39 is 0 Å². The molecule has 1 aromatic rings. The molecule has 1 aliphatic heterocycles. The highest BCUT2D eigenvalue weighted by Gasteiger charge is 2.24. The molecule has 0 spiro atoms. The second-order valence-corrected chi connectivity index (χ2v) is 5.87. The van der Waals surface area contributed by atoms with E-state index in [1.54, 1.807) is 6.92 Å². The number of carbonyl (C=O) groups excluding carboxylic acids is 1. The number of nitrogens with two attached hydrogens (primary N) is 1. The van der Waals surface area contributed by atoms with Crippen molar-refractivity contribution in [1.82, 2.24) is 15.5 Å². The average molecular weight is 307 g/mol. The third-order valence-corrected chi connectivity index (χ3v) is 4.09. The number of aryl methyl sites for hydroxylation is 1. The Labute approximate surface area is 130 Å². The van der Waals surface area contributed by atoms with Gasteiger partial charge in [0.1, 0.15) is 4.99 Å². The quantitative estimate of drug-likeness (QED) is 0.805. The molecular weight excluding hydrogens is 286 g/mol. The number of nitrogens with zero attached hydrogens (tertiary/aromatic N) is 3. The van der Waals surface area contributed by atoms with Crippen LogP contribution in [0.15, 0.2) is 0 Å². The molecule has 1 aliphatic rings. The number of amides is 1. The van der Waals surface area contributed by atoms with Crippen molar-refractivity contribution >= 4 is 28.9 Å². The van der Waals surface area contributed by atoms with Gasteiger partial charge in [0.05, 0.1) is 11.3 Å². The standard InChI is InChI=1S/C14H21N5OS/c1-8-9(2)17-18-14(12(8)13(15)21)19-6-4-11(5-7-19)16-10(3)20/h11H,4-7H2,1-3H3,(H2,15,21)(H,16,20). The van der Waals surface area contributed by atoms with Crippen LogP contribution in [0.2, 0.25) is 0 Å². The third kappa shape index (κ3) is 3.47. The maximum absolute atomic E-state index is 11.1. The minimum atomic E-state index is 0.0169. The van der Waals surface area contributed by atoms with Crippen LogP contribution < -0.4 is 16.0 Å². The molecule has 1 saturated heterocycles. The van der Waals surface area contributed by atoms with Crippen LogP contribution in [0, 0.1) is 13.8 Å². The number of nitrogens with one attached hydrogen (secondary N) is 1. The fourth-order valence-corrected chi connectivity index (χ4v) is 2.88. The number of rotatable bonds is 3. The molecule has 3 N–H and O–H groups in total. The molecule has 2 heterocycles. The fraction of sp³-hybridized carbons (Fsp3) is 0.571. The van der Waals surface area contributed by atoms with E-state index in [0.29, 0.717) is 4.99 Å². The maximum Gasteiger partial charge on any atom is 0.217 e. The molecule has 2 rings (SSSR count). The van der Waals surface area contributed by atoms with Gasteiger partial charge in [0, 0.05) is 26.1 Å². The smallest absolute Gasteiger partial charge is 0.217 e. The molecule has 0 saturated carbocycles. The number of thiocarbonyl (C=S) groups is 1. The van der Waals surface area contributed by atoms with Gasteiger partial charge in [0.2, 0.25) is 5.91 Å². The Hall–Kier alpha value is -1.76. The van der Waals surface area contributed by atoms with E-state index in [2.05, 4.69) is 20.4 Å². The van der Waals surface area contributed by atoms with E-state index in [9.17, 15) is 4.79 Å². The summed E-state index contributed by atoms with van der Waals surface area (Å²) in [7, 11) is 0. The van der Waals surface area contributed by atoms with Gasteiger partial charge in [-0.05, 0) is 32.3 Å². The number of hydrogen-bond acceptors (Lipinski definition) is 5. The van der Waals surface area contributed by atoms with Crippen molar-refractivity contribution < 1.29 is 4.79 Å². The number of carbonyl (C=O) groups is 1. The molecule has 6 nitrogen and oxygen atoms in total. The van der Waals surface area contributed by atoms with Gasteiger partial charge in [-0.1, -0.05) is 12.2 Å². The molecule has 0 bridgehead atoms. The minimum absolute atomic E-state index is 0.0169. The summed E-state index contributed by atoms with van der Waals surface area (Å²) < 4.78 is 0. The molecule has 21 heavy (non-hydrogen) atoms. The number of aromatic nitrogens is 2. The van der Waals surface area contributed by atoms with Crippen LogP contribution >= 0.6 is 12.2 Å². The van der Waals surface area contributed by atoms with Gasteiger partial charge >= 0.3 is 0 Å². The van der Waals surface area contributed by atoms with Gasteiger partial charge in [0.25, 0.3) is 0 Å². The van der Waals surface area contributed by atoms with Crippen LogP contribution in [0.1, 0.15) is 36.6 Å². The van der Waals surface area contributed by atoms with Crippen LogP contribution in [0.4, 0.5) is 5.82 Å². The first kappa shape index (κ1) is 15.6. The van der Waals surface area contributed by atoms with Crippen LogP contribution in [0.3, 0.4) is 0 Å². The molecule has 0 atom stereocenters. The van der Waals surface area contributed by atoms with Crippen molar-refractivity contribution in [3.8, 4) is 0 Å². The Morgan fingerprint density at radius 1 is 1.33 bits per heavy atom. The summed E-state index contributed by atoms with van der Waals surface area (Å²) in [6.07, 6.45) is 1.76. The second kappa shape index (κ2) is 6.34. The Morgan fingerprint density at radius 2 is 1.95 bits per heavy atom. The molecule has 0 aromatic carbocycles. The van der Waals surface area contributed by atoms with E-state index in [0.717, 1.165) is 48.6 Å². The topological polar surface area (TPSA) is 84.1 Å². The molecule has 1 fully saturated rings. The molecule has 1 aromatic heterocycles. The van der Waals surface area contributed by atoms with E-state index in [-0.39, 0.29) is 11.9 Å². The van der Waals surface area contributed by atoms with Gasteiger partial charge in [0.15, 0.2) is 5.82 Å². The van der Waals surface area contributed by atoms with Crippen LogP contribution in [0.5, 0.6) is 0 Å². The Kier molecular flexibility index (Phi) is 4.72. The van der Waals surface area contributed by atoms with E-state index in [1.807, 2.05) is 13.8 Å². The van der Waals surface area contributed by atoms with Crippen molar-refractivity contribution in [1.29, 1.82) is 0 Å².